The molecule has 0 heterocycles. The lowest BCUT2D eigenvalue weighted by atomic mass is 10.0. The Morgan fingerprint density at radius 2 is 1.51 bits per heavy atom. The molecule has 0 radical (unpaired) electrons. The number of ketones is 1. The minimum Gasteiger partial charge on any atom is -0.481 e. The number of thioether (sulfide) groups is 1. The predicted molar refractivity (Wildman–Crippen MR) is 166 cm³/mol. The number of nitrogens with one attached hydrogen (secondary N) is 2. The van der Waals surface area contributed by atoms with Crippen LogP contribution in [0, 0.1) is 11.1 Å². The highest BCUT2D eigenvalue weighted by atomic mass is 33.1. The summed E-state index contributed by atoms with van der Waals surface area (Å²) >= 11 is 1.80. The molecule has 0 bridgehead atoms. The number of likely N-dealkylation sites (N-methyl/N-ethyl adjacent to an activating group) is 1. The maximum atomic E-state index is 12.4. The van der Waals surface area contributed by atoms with Gasteiger partial charge >= 0.3 is 0 Å². The van der Waals surface area contributed by atoms with E-state index in [-0.39, 0.29) is 24.0 Å². The summed E-state index contributed by atoms with van der Waals surface area (Å²) in [6, 6.07) is -0.666. The number of unbranched alkanes of at least 4 members (excludes halogenated alkanes) is 2. The molecule has 37 heavy (non-hydrogen) atoms. The van der Waals surface area contributed by atoms with Crippen LogP contribution in [0.5, 0.6) is 0 Å². The van der Waals surface area contributed by atoms with Crippen molar-refractivity contribution in [2.24, 2.45) is 5.73 Å². The van der Waals surface area contributed by atoms with E-state index in [9.17, 15) is 14.4 Å². The Morgan fingerprint density at radius 3 is 1.89 bits per heavy atom. The van der Waals surface area contributed by atoms with E-state index in [2.05, 4.69) is 35.1 Å². The number of hydrogen-bond acceptors (Lipinski definition) is 10. The van der Waals surface area contributed by atoms with Crippen molar-refractivity contribution in [1.82, 2.24) is 15.5 Å². The standard InChI is InChI=1S/C17H33N3O3S.C2H4O2.C2H6S2.CH2NP.CH5N/c1-18-11-8-9-15(21)14(13-16(22)19-2)20(3)17(23)10-6-5-7-12-24-4;1-2(3)4;1-3-4-2;2-1-3;1-2/h14,18H,5-13H2,1-4H3,(H,19,22);1H3,(H,3,4);1-2H3;3H2;2H2,1H3/t14-;;;;/m0..../s1. The van der Waals surface area contributed by atoms with Crippen LogP contribution in [-0.2, 0) is 19.2 Å². The maximum absolute atomic E-state index is 12.4. The second-order valence-electron chi connectivity index (χ2n) is 6.86. The second kappa shape index (κ2) is 39.5. The smallest absolute Gasteiger partial charge is 0.300 e. The van der Waals surface area contributed by atoms with E-state index in [1.54, 1.807) is 53.3 Å². The molecule has 14 heteroatoms. The van der Waals surface area contributed by atoms with Crippen LogP contribution >= 0.6 is 42.6 Å². The molecule has 10 nitrogen and oxygen atoms in total. The molecule has 0 spiro atoms. The van der Waals surface area contributed by atoms with Gasteiger partial charge in [-0.3, -0.25) is 19.2 Å². The Bertz CT molecular complexity index is 594. The van der Waals surface area contributed by atoms with Crippen molar-refractivity contribution < 1.29 is 24.3 Å². The van der Waals surface area contributed by atoms with E-state index in [4.69, 9.17) is 15.2 Å². The van der Waals surface area contributed by atoms with Gasteiger partial charge in [0.15, 0.2) is 5.78 Å². The number of carbonyl (C=O) groups is 4. The van der Waals surface area contributed by atoms with Gasteiger partial charge in [-0.1, -0.05) is 28.0 Å². The molecule has 0 aromatic carbocycles. The zero-order chi connectivity index (χ0) is 30.1. The lowest BCUT2D eigenvalue weighted by Crippen LogP contribution is -2.45. The molecule has 0 aromatic heterocycles. The van der Waals surface area contributed by atoms with Crippen LogP contribution in [0.1, 0.15) is 51.9 Å². The number of aliphatic carboxylic acids is 1. The number of nitrogens with two attached hydrogens (primary N) is 1. The Hall–Kier alpha value is -1.03. The number of nitriles is 1. The molecule has 0 aromatic rings. The average molecular weight is 604 g/mol. The van der Waals surface area contributed by atoms with Crippen LogP contribution in [-0.4, -0.2) is 98.9 Å². The van der Waals surface area contributed by atoms with Gasteiger partial charge in [0.2, 0.25) is 11.8 Å². The van der Waals surface area contributed by atoms with E-state index in [0.717, 1.165) is 38.5 Å². The molecule has 5 N–H and O–H groups in total. The molecule has 0 aliphatic rings. The van der Waals surface area contributed by atoms with Crippen LogP contribution in [0.15, 0.2) is 0 Å². The highest BCUT2D eigenvalue weighted by molar-refractivity contribution is 8.76. The van der Waals surface area contributed by atoms with Gasteiger partial charge in [-0.2, -0.15) is 17.0 Å². The Balaban J connectivity index is -0.000000217. The fourth-order valence-electron chi connectivity index (χ4n) is 2.40. The highest BCUT2D eigenvalue weighted by Crippen LogP contribution is 2.12. The van der Waals surface area contributed by atoms with Gasteiger partial charge in [0, 0.05) is 33.9 Å². The lowest BCUT2D eigenvalue weighted by molar-refractivity contribution is -0.140. The van der Waals surface area contributed by atoms with Crippen molar-refractivity contribution in [3.63, 3.8) is 0 Å². The third kappa shape index (κ3) is 42.3. The molecule has 0 aliphatic carbocycles. The van der Waals surface area contributed by atoms with Crippen LogP contribution in [0.2, 0.25) is 0 Å². The fraction of sp³-hybridized carbons (Fsp3) is 0.783. The summed E-state index contributed by atoms with van der Waals surface area (Å²) in [6.45, 7) is 1.82. The molecule has 2 amide bonds. The number of carboxylic acid groups (broad SMARTS) is 1. The second-order valence-corrected chi connectivity index (χ2v) is 10.8. The average Bonchev–Trinajstić information content (AvgIpc) is 2.88. The number of hydrogen-bond donors (Lipinski definition) is 4. The third-order valence-electron chi connectivity index (χ3n) is 4.15. The number of carboxylic acids is 1. The van der Waals surface area contributed by atoms with E-state index >= 15 is 0 Å². The monoisotopic (exact) mass is 603 g/mol. The Labute approximate surface area is 239 Å². The molecule has 220 valence electrons. The summed E-state index contributed by atoms with van der Waals surface area (Å²) in [6.07, 6.45) is 10.7. The first-order valence-electron chi connectivity index (χ1n) is 11.6. The highest BCUT2D eigenvalue weighted by Gasteiger charge is 2.28. The summed E-state index contributed by atoms with van der Waals surface area (Å²) < 4.78 is 0. The first kappa shape index (κ1) is 45.9. The summed E-state index contributed by atoms with van der Waals surface area (Å²) in [5.41, 5.74) is 4.50. The van der Waals surface area contributed by atoms with Crippen LogP contribution in [0.3, 0.4) is 0 Å². The molecular weight excluding hydrogens is 553 g/mol. The number of amides is 2. The largest absolute Gasteiger partial charge is 0.481 e. The van der Waals surface area contributed by atoms with E-state index in [1.165, 1.54) is 11.9 Å². The fourth-order valence-corrected chi connectivity index (χ4v) is 2.89. The van der Waals surface area contributed by atoms with Gasteiger partial charge in [-0.15, -0.1) is 0 Å². The van der Waals surface area contributed by atoms with Gasteiger partial charge in [0.05, 0.1) is 18.3 Å². The maximum Gasteiger partial charge on any atom is 0.300 e. The first-order chi connectivity index (χ1) is 17.5. The molecule has 0 saturated heterocycles. The van der Waals surface area contributed by atoms with Crippen molar-refractivity contribution in [2.75, 3.05) is 59.3 Å². The number of Topliss-reactive ketones (excluding diaryl/α,β-unsaturated/α-hetero) is 1. The molecule has 0 aliphatic heterocycles. The molecule has 0 saturated carbocycles. The summed E-state index contributed by atoms with van der Waals surface area (Å²) in [7, 11) is 11.9. The number of carbonyl (C=O) groups excluding carboxylic acids is 3. The SMILES string of the molecule is CC(=O)O.CN.CNCCCC(=O)[C@H](CC(=O)NC)N(C)C(=O)CCCCCSC.CSSC.N#CP. The van der Waals surface area contributed by atoms with Gasteiger partial charge in [0.25, 0.3) is 5.97 Å². The minimum absolute atomic E-state index is 0.0314. The first-order valence-corrected chi connectivity index (χ1v) is 16.5. The van der Waals surface area contributed by atoms with Gasteiger partial charge in [-0.05, 0) is 73.7 Å². The lowest BCUT2D eigenvalue weighted by Gasteiger charge is -2.27. The zero-order valence-corrected chi connectivity index (χ0v) is 27.4. The number of nitrogens with zero attached hydrogens (tertiary/aromatic N) is 2. The van der Waals surface area contributed by atoms with Crippen LogP contribution < -0.4 is 16.4 Å². The summed E-state index contributed by atoms with van der Waals surface area (Å²) in [5, 5.41) is 20.2. The molecule has 0 fully saturated rings. The van der Waals surface area contributed by atoms with Gasteiger partial charge in [0.1, 0.15) is 0 Å². The molecule has 2 atom stereocenters. The van der Waals surface area contributed by atoms with Gasteiger partial charge in [-0.25, -0.2) is 0 Å². The number of rotatable bonds is 15. The van der Waals surface area contributed by atoms with Crippen molar-refractivity contribution in [1.29, 1.82) is 5.26 Å². The Kier molecular flexibility index (Phi) is 48.9. The quantitative estimate of drug-likeness (QED) is 0.123. The molecule has 1 unspecified atom stereocenters. The van der Waals surface area contributed by atoms with Crippen molar-refractivity contribution in [2.45, 2.75) is 57.9 Å². The molecular formula is C23H50N5O5PS3. The van der Waals surface area contributed by atoms with E-state index in [0.29, 0.717) is 19.3 Å². The normalized spacial score (nSPS) is 9.54. The summed E-state index contributed by atoms with van der Waals surface area (Å²) in [4.78, 5) is 46.9. The zero-order valence-electron chi connectivity index (χ0n) is 23.8. The van der Waals surface area contributed by atoms with E-state index in [1.807, 2.05) is 16.3 Å². The van der Waals surface area contributed by atoms with Gasteiger partial charge < -0.3 is 26.4 Å². The van der Waals surface area contributed by atoms with Crippen molar-refractivity contribution in [3.05, 3.63) is 0 Å². The van der Waals surface area contributed by atoms with Crippen LogP contribution in [0.4, 0.5) is 0 Å². The van der Waals surface area contributed by atoms with Crippen molar-refractivity contribution in [3.8, 4) is 5.81 Å². The van der Waals surface area contributed by atoms with Crippen LogP contribution in [0.25, 0.3) is 0 Å². The topological polar surface area (TPSA) is 166 Å². The minimum atomic E-state index is -0.833. The van der Waals surface area contributed by atoms with E-state index < -0.39 is 12.0 Å². The predicted octanol–water partition coefficient (Wildman–Crippen LogP) is 3.08. The third-order valence-corrected chi connectivity index (χ3v) is 6.18. The summed E-state index contributed by atoms with van der Waals surface area (Å²) in [5.74, 6) is 1.61. The van der Waals surface area contributed by atoms with Crippen molar-refractivity contribution >= 4 is 66.2 Å². The molecule has 0 rings (SSSR count). The Morgan fingerprint density at radius 1 is 1.03 bits per heavy atom.